The molecular weight excluding hydrogens is 376 g/mol. The Morgan fingerprint density at radius 1 is 0.767 bits per heavy atom. The van der Waals surface area contributed by atoms with Gasteiger partial charge in [0.05, 0.1) is 0 Å². The molecule has 5 heteroatoms. The zero-order valence-corrected chi connectivity index (χ0v) is 16.7. The van der Waals surface area contributed by atoms with Crippen LogP contribution in [0.15, 0.2) is 72.8 Å². The molecule has 1 aliphatic carbocycles. The molecule has 3 aromatic rings. The first kappa shape index (κ1) is 19.7. The summed E-state index contributed by atoms with van der Waals surface area (Å²) in [5.74, 6) is 0.119. The monoisotopic (exact) mass is 400 g/mol. The zero-order valence-electron chi connectivity index (χ0n) is 16.7. The number of amides is 2. The van der Waals surface area contributed by atoms with E-state index in [0.29, 0.717) is 17.0 Å². The molecule has 0 bridgehead atoms. The predicted molar refractivity (Wildman–Crippen MR) is 118 cm³/mol. The van der Waals surface area contributed by atoms with E-state index in [4.69, 9.17) is 4.74 Å². The maximum atomic E-state index is 12.7. The van der Waals surface area contributed by atoms with Gasteiger partial charge >= 0.3 is 0 Å². The number of fused-ring (bicyclic) bond motifs is 1. The van der Waals surface area contributed by atoms with Gasteiger partial charge in [0.2, 0.25) is 0 Å². The molecule has 3 aromatic carbocycles. The van der Waals surface area contributed by atoms with Crippen LogP contribution in [0.4, 0.5) is 11.4 Å². The van der Waals surface area contributed by atoms with Crippen LogP contribution < -0.4 is 15.4 Å². The van der Waals surface area contributed by atoms with Crippen molar-refractivity contribution in [1.82, 2.24) is 0 Å². The summed E-state index contributed by atoms with van der Waals surface area (Å²) < 4.78 is 5.58. The van der Waals surface area contributed by atoms with Crippen molar-refractivity contribution in [2.45, 2.75) is 25.7 Å². The molecule has 152 valence electrons. The summed E-state index contributed by atoms with van der Waals surface area (Å²) in [5, 5.41) is 5.69. The fraction of sp³-hybridized carbons (Fsp3) is 0.200. The van der Waals surface area contributed by atoms with E-state index in [1.165, 1.54) is 24.0 Å². The minimum absolute atomic E-state index is 0.114. The number of carbonyl (C=O) groups is 2. The van der Waals surface area contributed by atoms with Gasteiger partial charge in [-0.2, -0.15) is 0 Å². The van der Waals surface area contributed by atoms with Crippen LogP contribution in [0.25, 0.3) is 0 Å². The molecular formula is C25H24N2O3. The Morgan fingerprint density at radius 2 is 1.53 bits per heavy atom. The number of para-hydroxylation sites is 1. The molecule has 0 saturated heterocycles. The van der Waals surface area contributed by atoms with Crippen LogP contribution in [0.2, 0.25) is 0 Å². The minimum atomic E-state index is -0.246. The molecule has 0 heterocycles. The Bertz CT molecular complexity index is 1050. The smallest absolute Gasteiger partial charge is 0.262 e. The largest absolute Gasteiger partial charge is 0.484 e. The van der Waals surface area contributed by atoms with Crippen LogP contribution in [-0.2, 0) is 17.6 Å². The Labute approximate surface area is 176 Å². The van der Waals surface area contributed by atoms with Crippen LogP contribution in [0, 0.1) is 0 Å². The number of carbonyl (C=O) groups excluding carboxylic acids is 2. The number of nitrogens with one attached hydrogen (secondary N) is 2. The molecule has 1 aliphatic rings. The van der Waals surface area contributed by atoms with Crippen LogP contribution in [0.1, 0.15) is 34.3 Å². The third kappa shape index (κ3) is 5.06. The zero-order chi connectivity index (χ0) is 20.8. The van der Waals surface area contributed by atoms with Gasteiger partial charge in [-0.25, -0.2) is 0 Å². The summed E-state index contributed by atoms with van der Waals surface area (Å²) >= 11 is 0. The van der Waals surface area contributed by atoms with Crippen molar-refractivity contribution >= 4 is 23.2 Å². The second-order valence-electron chi connectivity index (χ2n) is 7.38. The SMILES string of the molecule is O=C(COc1cccc(NC(=O)c2ccc3c(c2)CCCC3)c1)Nc1ccccc1. The summed E-state index contributed by atoms with van der Waals surface area (Å²) in [6.07, 6.45) is 4.52. The lowest BCUT2D eigenvalue weighted by atomic mass is 9.90. The Morgan fingerprint density at radius 3 is 2.37 bits per heavy atom. The molecule has 4 rings (SSSR count). The molecule has 0 fully saturated rings. The third-order valence-corrected chi connectivity index (χ3v) is 5.13. The number of hydrogen-bond acceptors (Lipinski definition) is 3. The second kappa shape index (κ2) is 9.27. The van der Waals surface area contributed by atoms with E-state index in [9.17, 15) is 9.59 Å². The number of benzene rings is 3. The highest BCUT2D eigenvalue weighted by molar-refractivity contribution is 6.04. The highest BCUT2D eigenvalue weighted by atomic mass is 16.5. The van der Waals surface area contributed by atoms with Crippen LogP contribution in [0.3, 0.4) is 0 Å². The second-order valence-corrected chi connectivity index (χ2v) is 7.38. The third-order valence-electron chi connectivity index (χ3n) is 5.13. The van der Waals surface area contributed by atoms with E-state index >= 15 is 0 Å². The van der Waals surface area contributed by atoms with Crippen LogP contribution in [-0.4, -0.2) is 18.4 Å². The van der Waals surface area contributed by atoms with E-state index < -0.39 is 0 Å². The highest BCUT2D eigenvalue weighted by Crippen LogP contribution is 2.23. The predicted octanol–water partition coefficient (Wildman–Crippen LogP) is 4.84. The fourth-order valence-corrected chi connectivity index (χ4v) is 3.61. The number of rotatable bonds is 6. The van der Waals surface area contributed by atoms with E-state index in [-0.39, 0.29) is 18.4 Å². The van der Waals surface area contributed by atoms with Gasteiger partial charge in [0.1, 0.15) is 5.75 Å². The number of ether oxygens (including phenoxy) is 1. The normalized spacial score (nSPS) is 12.5. The average molecular weight is 400 g/mol. The van der Waals surface area contributed by atoms with Crippen molar-refractivity contribution in [3.05, 3.63) is 89.5 Å². The number of anilines is 2. The van der Waals surface area contributed by atoms with Gasteiger partial charge < -0.3 is 15.4 Å². The first-order valence-electron chi connectivity index (χ1n) is 10.2. The van der Waals surface area contributed by atoms with Crippen molar-refractivity contribution in [2.75, 3.05) is 17.2 Å². The molecule has 5 nitrogen and oxygen atoms in total. The van der Waals surface area contributed by atoms with E-state index in [1.54, 1.807) is 24.3 Å². The molecule has 0 unspecified atom stereocenters. The number of hydrogen-bond donors (Lipinski definition) is 2. The van der Waals surface area contributed by atoms with Crippen LogP contribution in [0.5, 0.6) is 5.75 Å². The van der Waals surface area contributed by atoms with E-state index in [0.717, 1.165) is 18.5 Å². The van der Waals surface area contributed by atoms with Gasteiger partial charge in [0.25, 0.3) is 11.8 Å². The lowest BCUT2D eigenvalue weighted by Gasteiger charge is -2.16. The van der Waals surface area contributed by atoms with Gasteiger partial charge in [0, 0.05) is 23.0 Å². The molecule has 0 aliphatic heterocycles. The van der Waals surface area contributed by atoms with Crippen molar-refractivity contribution in [3.8, 4) is 5.75 Å². The van der Waals surface area contributed by atoms with Crippen molar-refractivity contribution in [2.24, 2.45) is 0 Å². The summed E-state index contributed by atoms with van der Waals surface area (Å²) in [7, 11) is 0. The highest BCUT2D eigenvalue weighted by Gasteiger charge is 2.13. The summed E-state index contributed by atoms with van der Waals surface area (Å²) in [6, 6.07) is 22.2. The number of aryl methyl sites for hydroxylation is 2. The summed E-state index contributed by atoms with van der Waals surface area (Å²) in [4.78, 5) is 24.7. The standard InChI is InChI=1S/C25H24N2O3/c28-24(26-21-9-2-1-3-10-21)17-30-23-12-6-11-22(16-23)27-25(29)20-14-13-18-7-4-5-8-19(18)15-20/h1-3,6,9-16H,4-5,7-8,17H2,(H,26,28)(H,27,29). The van der Waals surface area contributed by atoms with Crippen molar-refractivity contribution in [3.63, 3.8) is 0 Å². The molecule has 2 amide bonds. The average Bonchev–Trinajstić information content (AvgIpc) is 2.78. The lowest BCUT2D eigenvalue weighted by Crippen LogP contribution is -2.20. The lowest BCUT2D eigenvalue weighted by molar-refractivity contribution is -0.118. The molecule has 0 radical (unpaired) electrons. The first-order chi connectivity index (χ1) is 14.7. The maximum Gasteiger partial charge on any atom is 0.262 e. The maximum absolute atomic E-state index is 12.7. The molecule has 2 N–H and O–H groups in total. The quantitative estimate of drug-likeness (QED) is 0.622. The van der Waals surface area contributed by atoms with Gasteiger partial charge in [-0.1, -0.05) is 30.3 Å². The van der Waals surface area contributed by atoms with E-state index in [1.807, 2.05) is 42.5 Å². The van der Waals surface area contributed by atoms with Gasteiger partial charge in [-0.15, -0.1) is 0 Å². The van der Waals surface area contributed by atoms with Crippen molar-refractivity contribution in [1.29, 1.82) is 0 Å². The van der Waals surface area contributed by atoms with Gasteiger partial charge in [0.15, 0.2) is 6.61 Å². The Balaban J connectivity index is 1.35. The molecule has 0 spiro atoms. The molecule has 0 aromatic heterocycles. The van der Waals surface area contributed by atoms with Crippen LogP contribution >= 0.6 is 0 Å². The Kier molecular flexibility index (Phi) is 6.09. The fourth-order valence-electron chi connectivity index (χ4n) is 3.61. The minimum Gasteiger partial charge on any atom is -0.484 e. The topological polar surface area (TPSA) is 67.4 Å². The van der Waals surface area contributed by atoms with Gasteiger partial charge in [-0.05, 0) is 73.2 Å². The van der Waals surface area contributed by atoms with Gasteiger partial charge in [-0.3, -0.25) is 9.59 Å². The summed E-state index contributed by atoms with van der Waals surface area (Å²) in [5.41, 5.74) is 4.62. The Hall–Kier alpha value is -3.60. The summed E-state index contributed by atoms with van der Waals surface area (Å²) in [6.45, 7) is -0.114. The van der Waals surface area contributed by atoms with Crippen molar-refractivity contribution < 1.29 is 14.3 Å². The molecule has 0 saturated carbocycles. The first-order valence-corrected chi connectivity index (χ1v) is 10.2. The van der Waals surface area contributed by atoms with E-state index in [2.05, 4.69) is 16.7 Å². The molecule has 0 atom stereocenters. The molecule has 30 heavy (non-hydrogen) atoms.